The summed E-state index contributed by atoms with van der Waals surface area (Å²) in [4.78, 5) is 13.0. The van der Waals surface area contributed by atoms with Gasteiger partial charge in [-0.2, -0.15) is 5.26 Å². The highest BCUT2D eigenvalue weighted by Crippen LogP contribution is 2.23. The van der Waals surface area contributed by atoms with Crippen molar-refractivity contribution in [2.75, 3.05) is 4.72 Å². The molecule has 0 saturated carbocycles. The van der Waals surface area contributed by atoms with Crippen LogP contribution in [0.1, 0.15) is 11.3 Å². The van der Waals surface area contributed by atoms with Crippen LogP contribution in [0.15, 0.2) is 27.2 Å². The Bertz CT molecular complexity index is 862. The van der Waals surface area contributed by atoms with Gasteiger partial charge in [0, 0.05) is 5.69 Å². The maximum atomic E-state index is 13.0. The second-order valence-corrected chi connectivity index (χ2v) is 6.70. The van der Waals surface area contributed by atoms with Crippen LogP contribution >= 0.6 is 11.3 Å². The Morgan fingerprint density at radius 1 is 1.45 bits per heavy atom. The largest absolute Gasteiger partial charge is 0.315 e. The zero-order valence-corrected chi connectivity index (χ0v) is 11.7. The van der Waals surface area contributed by atoms with E-state index in [0.717, 1.165) is 18.2 Å². The SMILES string of the molecule is Cc1[nH]c(=O)sc1S(=O)(=O)Nc1ccc(F)cc1C#N. The number of anilines is 1. The average Bonchev–Trinajstić information content (AvgIpc) is 2.71. The van der Waals surface area contributed by atoms with Gasteiger partial charge in [-0.05, 0) is 25.1 Å². The summed E-state index contributed by atoms with van der Waals surface area (Å²) in [6, 6.07) is 4.80. The van der Waals surface area contributed by atoms with Crippen molar-refractivity contribution >= 4 is 27.0 Å². The molecule has 0 unspecified atom stereocenters. The summed E-state index contributed by atoms with van der Waals surface area (Å²) in [7, 11) is -4.00. The summed E-state index contributed by atoms with van der Waals surface area (Å²) in [5.74, 6) is -0.646. The Morgan fingerprint density at radius 2 is 2.15 bits per heavy atom. The second kappa shape index (κ2) is 5.07. The first-order valence-electron chi connectivity index (χ1n) is 5.25. The number of rotatable bonds is 3. The van der Waals surface area contributed by atoms with E-state index in [0.29, 0.717) is 11.3 Å². The fourth-order valence-electron chi connectivity index (χ4n) is 1.54. The second-order valence-electron chi connectivity index (χ2n) is 3.83. The monoisotopic (exact) mass is 313 g/mol. The molecule has 0 bridgehead atoms. The zero-order valence-electron chi connectivity index (χ0n) is 10.1. The standard InChI is InChI=1S/C11H8FN3O3S2/c1-6-10(19-11(16)14-6)20(17,18)15-9-3-2-8(12)4-7(9)5-13/h2-4,15H,1H3,(H,14,16). The average molecular weight is 313 g/mol. The number of H-pyrrole nitrogens is 1. The number of benzene rings is 1. The van der Waals surface area contributed by atoms with Crippen LogP contribution in [0, 0.1) is 24.1 Å². The van der Waals surface area contributed by atoms with Crippen molar-refractivity contribution in [2.45, 2.75) is 11.1 Å². The van der Waals surface area contributed by atoms with E-state index in [1.54, 1.807) is 6.07 Å². The van der Waals surface area contributed by atoms with Gasteiger partial charge in [0.15, 0.2) is 4.21 Å². The molecule has 2 rings (SSSR count). The van der Waals surface area contributed by atoms with Crippen LogP contribution in [0.5, 0.6) is 0 Å². The Hall–Kier alpha value is -2.18. The molecule has 0 amide bonds. The first-order chi connectivity index (χ1) is 9.33. The molecule has 20 heavy (non-hydrogen) atoms. The highest BCUT2D eigenvalue weighted by molar-refractivity contribution is 7.94. The third kappa shape index (κ3) is 2.71. The van der Waals surface area contributed by atoms with E-state index in [-0.39, 0.29) is 21.2 Å². The lowest BCUT2D eigenvalue weighted by atomic mass is 10.2. The lowest BCUT2D eigenvalue weighted by molar-refractivity contribution is 0.602. The molecule has 2 aromatic rings. The smallest absolute Gasteiger partial charge is 0.306 e. The van der Waals surface area contributed by atoms with E-state index >= 15 is 0 Å². The van der Waals surface area contributed by atoms with Gasteiger partial charge in [0.1, 0.15) is 11.9 Å². The molecule has 0 aliphatic carbocycles. The summed E-state index contributed by atoms with van der Waals surface area (Å²) < 4.78 is 39.2. The number of aromatic nitrogens is 1. The van der Waals surface area contributed by atoms with E-state index in [4.69, 9.17) is 5.26 Å². The molecule has 1 aromatic heterocycles. The number of hydrogen-bond donors (Lipinski definition) is 2. The van der Waals surface area contributed by atoms with Crippen molar-refractivity contribution in [3.05, 3.63) is 44.9 Å². The summed E-state index contributed by atoms with van der Waals surface area (Å²) >= 11 is 0.539. The van der Waals surface area contributed by atoms with Crippen LogP contribution in [0.4, 0.5) is 10.1 Å². The van der Waals surface area contributed by atoms with Crippen molar-refractivity contribution in [1.29, 1.82) is 5.26 Å². The zero-order chi connectivity index (χ0) is 14.9. The van der Waals surface area contributed by atoms with Gasteiger partial charge in [-0.1, -0.05) is 11.3 Å². The molecule has 1 aromatic carbocycles. The van der Waals surface area contributed by atoms with E-state index in [1.165, 1.54) is 6.92 Å². The number of aryl methyl sites for hydroxylation is 1. The predicted octanol–water partition coefficient (Wildman–Crippen LogP) is 1.56. The minimum Gasteiger partial charge on any atom is -0.315 e. The summed E-state index contributed by atoms with van der Waals surface area (Å²) in [5, 5.41) is 8.86. The Morgan fingerprint density at radius 3 is 2.70 bits per heavy atom. The van der Waals surface area contributed by atoms with Crippen molar-refractivity contribution in [3.8, 4) is 6.07 Å². The Labute approximate surface area is 117 Å². The number of aromatic amines is 1. The van der Waals surface area contributed by atoms with Crippen LogP contribution in [-0.4, -0.2) is 13.4 Å². The first-order valence-corrected chi connectivity index (χ1v) is 7.55. The number of nitriles is 1. The van der Waals surface area contributed by atoms with Gasteiger partial charge in [-0.25, -0.2) is 12.8 Å². The fourth-order valence-corrected chi connectivity index (χ4v) is 3.92. The molecular weight excluding hydrogens is 305 g/mol. The van der Waals surface area contributed by atoms with Gasteiger partial charge in [0.05, 0.1) is 11.3 Å². The van der Waals surface area contributed by atoms with E-state index in [2.05, 4.69) is 9.71 Å². The molecule has 0 atom stereocenters. The van der Waals surface area contributed by atoms with Gasteiger partial charge in [0.25, 0.3) is 10.0 Å². The summed E-state index contributed by atoms with van der Waals surface area (Å²) in [5.41, 5.74) is 0.0105. The molecule has 0 fully saturated rings. The molecule has 0 saturated heterocycles. The van der Waals surface area contributed by atoms with Crippen LogP contribution in [0.2, 0.25) is 0 Å². The van der Waals surface area contributed by atoms with E-state index in [1.807, 2.05) is 0 Å². The molecule has 0 radical (unpaired) electrons. The predicted molar refractivity (Wildman–Crippen MR) is 71.6 cm³/mol. The van der Waals surface area contributed by atoms with Crippen molar-refractivity contribution in [1.82, 2.24) is 4.98 Å². The molecule has 0 aliphatic rings. The third-order valence-electron chi connectivity index (χ3n) is 2.37. The maximum Gasteiger partial charge on any atom is 0.306 e. The number of thiazole rings is 1. The first kappa shape index (κ1) is 14.2. The van der Waals surface area contributed by atoms with Gasteiger partial charge < -0.3 is 4.98 Å². The van der Waals surface area contributed by atoms with E-state index in [9.17, 15) is 17.6 Å². The van der Waals surface area contributed by atoms with Crippen LogP contribution in [-0.2, 0) is 10.0 Å². The fraction of sp³-hybridized carbons (Fsp3) is 0.0909. The molecule has 0 aliphatic heterocycles. The maximum absolute atomic E-state index is 13.0. The van der Waals surface area contributed by atoms with Crippen molar-refractivity contribution in [2.24, 2.45) is 0 Å². The number of halogens is 1. The van der Waals surface area contributed by atoms with E-state index < -0.39 is 20.7 Å². The minimum atomic E-state index is -4.00. The highest BCUT2D eigenvalue weighted by atomic mass is 32.2. The quantitative estimate of drug-likeness (QED) is 0.897. The molecule has 1 heterocycles. The minimum absolute atomic E-state index is 0.0471. The molecular formula is C11H8FN3O3S2. The lowest BCUT2D eigenvalue weighted by Gasteiger charge is -2.08. The molecule has 0 spiro atoms. The van der Waals surface area contributed by atoms with Crippen LogP contribution < -0.4 is 9.60 Å². The number of hydrogen-bond acceptors (Lipinski definition) is 5. The van der Waals surface area contributed by atoms with Gasteiger partial charge in [-0.3, -0.25) is 9.52 Å². The molecule has 6 nitrogen and oxygen atoms in total. The summed E-state index contributed by atoms with van der Waals surface area (Å²) in [6.45, 7) is 1.45. The van der Waals surface area contributed by atoms with Crippen molar-refractivity contribution in [3.63, 3.8) is 0 Å². The third-order valence-corrected chi connectivity index (χ3v) is 5.34. The molecule has 104 valence electrons. The normalized spacial score (nSPS) is 11.1. The molecule has 2 N–H and O–H groups in total. The number of sulfonamides is 1. The number of nitrogens with zero attached hydrogens (tertiary/aromatic N) is 1. The lowest BCUT2D eigenvalue weighted by Crippen LogP contribution is -2.13. The topological polar surface area (TPSA) is 103 Å². The van der Waals surface area contributed by atoms with Crippen molar-refractivity contribution < 1.29 is 12.8 Å². The Kier molecular flexibility index (Phi) is 3.61. The van der Waals surface area contributed by atoms with Crippen LogP contribution in [0.25, 0.3) is 0 Å². The van der Waals surface area contributed by atoms with Crippen LogP contribution in [0.3, 0.4) is 0 Å². The summed E-state index contributed by atoms with van der Waals surface area (Å²) in [6.07, 6.45) is 0. The highest BCUT2D eigenvalue weighted by Gasteiger charge is 2.21. The van der Waals surface area contributed by atoms with Gasteiger partial charge in [0.2, 0.25) is 0 Å². The number of nitrogens with one attached hydrogen (secondary N) is 2. The van der Waals surface area contributed by atoms with Gasteiger partial charge >= 0.3 is 4.87 Å². The molecule has 9 heteroatoms. The van der Waals surface area contributed by atoms with Gasteiger partial charge in [-0.15, -0.1) is 0 Å². The Balaban J connectivity index is 2.47.